The van der Waals surface area contributed by atoms with Gasteiger partial charge in [-0.05, 0) is 23.3 Å². The number of esters is 2. The van der Waals surface area contributed by atoms with Crippen molar-refractivity contribution < 1.29 is 29.0 Å². The number of rotatable bonds is 6. The lowest BCUT2D eigenvalue weighted by Crippen LogP contribution is -2.61. The van der Waals surface area contributed by atoms with Crippen molar-refractivity contribution in [1.82, 2.24) is 0 Å². The lowest BCUT2D eigenvalue weighted by Gasteiger charge is -2.55. The molecule has 0 aromatic heterocycles. The lowest BCUT2D eigenvalue weighted by molar-refractivity contribution is -0.186. The number of carboxylic acid groups (broad SMARTS) is 1. The van der Waals surface area contributed by atoms with Crippen LogP contribution in [0.5, 0.6) is 0 Å². The Morgan fingerprint density at radius 2 is 1.31 bits per heavy atom. The second-order valence-electron chi connectivity index (χ2n) is 9.50. The van der Waals surface area contributed by atoms with E-state index in [1.54, 1.807) is 71.9 Å². The van der Waals surface area contributed by atoms with Crippen LogP contribution in [0.15, 0.2) is 30.3 Å². The summed E-state index contributed by atoms with van der Waals surface area (Å²) in [6.45, 7) is 12.9. The van der Waals surface area contributed by atoms with Crippen LogP contribution in [0.25, 0.3) is 0 Å². The molecule has 0 aliphatic rings. The van der Waals surface area contributed by atoms with Gasteiger partial charge in [-0.25, -0.2) is 0 Å². The summed E-state index contributed by atoms with van der Waals surface area (Å²) in [5, 5.41) is 10.5. The molecule has 1 N–H and O–H groups in total. The van der Waals surface area contributed by atoms with Crippen LogP contribution in [0.4, 0.5) is 0 Å². The van der Waals surface area contributed by atoms with Crippen molar-refractivity contribution in [3.05, 3.63) is 35.9 Å². The average molecular weight is 405 g/mol. The van der Waals surface area contributed by atoms with Crippen LogP contribution in [0.3, 0.4) is 0 Å². The molecule has 6 nitrogen and oxygen atoms in total. The van der Waals surface area contributed by atoms with Crippen molar-refractivity contribution in [3.8, 4) is 0 Å². The molecule has 1 aromatic carbocycles. The van der Waals surface area contributed by atoms with Crippen LogP contribution in [-0.2, 0) is 23.9 Å². The Morgan fingerprint density at radius 3 is 1.62 bits per heavy atom. The van der Waals surface area contributed by atoms with E-state index in [-0.39, 0.29) is 0 Å². The van der Waals surface area contributed by atoms with Gasteiger partial charge in [-0.1, -0.05) is 71.9 Å². The highest BCUT2D eigenvalue weighted by Crippen LogP contribution is 2.60. The molecule has 0 aliphatic carbocycles. The summed E-state index contributed by atoms with van der Waals surface area (Å²) in [5.74, 6) is -5.86. The fourth-order valence-corrected chi connectivity index (χ4v) is 4.95. The molecule has 1 aromatic rings. The van der Waals surface area contributed by atoms with Gasteiger partial charge >= 0.3 is 17.9 Å². The number of carbonyl (C=O) groups excluding carboxylic acids is 3. The van der Waals surface area contributed by atoms with Crippen LogP contribution < -0.4 is 0 Å². The molecule has 0 amide bonds. The van der Waals surface area contributed by atoms with Gasteiger partial charge in [-0.15, -0.1) is 0 Å². The number of carbonyl (C=O) groups is 4. The third-order valence-electron chi connectivity index (χ3n) is 5.60. The quantitative estimate of drug-likeness (QED) is 0.563. The monoisotopic (exact) mass is 404 g/mol. The minimum absolute atomic E-state index is 0.429. The first-order valence-electron chi connectivity index (χ1n) is 9.60. The Hall–Kier alpha value is -2.50. The number of hydrogen-bond acceptors (Lipinski definition) is 5. The maximum absolute atomic E-state index is 13.0. The second-order valence-corrected chi connectivity index (χ2v) is 9.50. The van der Waals surface area contributed by atoms with Crippen LogP contribution in [0, 0.1) is 22.2 Å². The van der Waals surface area contributed by atoms with Gasteiger partial charge in [0.25, 0.3) is 0 Å². The van der Waals surface area contributed by atoms with Crippen molar-refractivity contribution in [1.29, 1.82) is 0 Å². The molecule has 160 valence electrons. The van der Waals surface area contributed by atoms with E-state index in [9.17, 15) is 24.3 Å². The summed E-state index contributed by atoms with van der Waals surface area (Å²) in [6.07, 6.45) is 0. The fraction of sp³-hybridized carbons (Fsp3) is 0.565. The number of carboxylic acids is 1. The van der Waals surface area contributed by atoms with E-state index < -0.39 is 51.8 Å². The van der Waals surface area contributed by atoms with Crippen LogP contribution in [-0.4, -0.2) is 28.8 Å². The Kier molecular flexibility index (Phi) is 7.17. The molecule has 0 spiro atoms. The van der Waals surface area contributed by atoms with Gasteiger partial charge in [0, 0.05) is 6.92 Å². The van der Waals surface area contributed by atoms with Crippen LogP contribution in [0.1, 0.15) is 66.9 Å². The number of aliphatic carboxylic acids is 1. The average Bonchev–Trinajstić information content (AvgIpc) is 2.51. The summed E-state index contributed by atoms with van der Waals surface area (Å²) >= 11 is 0. The van der Waals surface area contributed by atoms with Gasteiger partial charge in [-0.2, -0.15) is 0 Å². The topological polar surface area (TPSA) is 97.7 Å². The molecule has 2 unspecified atom stereocenters. The molecule has 29 heavy (non-hydrogen) atoms. The molecule has 6 heteroatoms. The minimum atomic E-state index is -1.64. The van der Waals surface area contributed by atoms with Gasteiger partial charge in [-0.3, -0.25) is 19.2 Å². The van der Waals surface area contributed by atoms with E-state index in [0.717, 1.165) is 6.92 Å². The molecule has 0 bridgehead atoms. The normalized spacial score (nSPS) is 14.6. The van der Waals surface area contributed by atoms with Crippen molar-refractivity contribution in [3.63, 3.8) is 0 Å². The van der Waals surface area contributed by atoms with E-state index >= 15 is 0 Å². The van der Waals surface area contributed by atoms with Gasteiger partial charge in [0.2, 0.25) is 0 Å². The highest BCUT2D eigenvalue weighted by molar-refractivity contribution is 5.97. The molecule has 0 saturated carbocycles. The van der Waals surface area contributed by atoms with Gasteiger partial charge < -0.3 is 9.84 Å². The summed E-state index contributed by atoms with van der Waals surface area (Å²) in [4.78, 5) is 50.5. The van der Waals surface area contributed by atoms with Crippen molar-refractivity contribution in [2.75, 3.05) is 0 Å². The smallest absolute Gasteiger partial charge is 0.321 e. The number of hydrogen-bond donors (Lipinski definition) is 1. The molecule has 2 atom stereocenters. The standard InChI is InChI=1S/C23H32O6/c1-14(24)18(23(20(27)28,21(3,4)5)22(6,7)8)17(19(26)29-15(2)25)16-12-10-9-11-13-16/h9-13,17-18H,1-8H3,(H,27,28). The highest BCUT2D eigenvalue weighted by Gasteiger charge is 2.65. The first-order chi connectivity index (χ1) is 13.1. The molecule has 0 saturated heterocycles. The minimum Gasteiger partial charge on any atom is -0.481 e. The zero-order chi connectivity index (χ0) is 22.8. The summed E-state index contributed by atoms with van der Waals surface area (Å²) in [6, 6.07) is 8.41. The Bertz CT molecular complexity index is 766. The SMILES string of the molecule is CC(=O)OC(=O)C(c1ccccc1)C(C(C)=O)C(C(=O)O)(C(C)(C)C)C(C)(C)C. The predicted octanol–water partition coefficient (Wildman–Crippen LogP) is 4.23. The van der Waals surface area contributed by atoms with E-state index in [1.165, 1.54) is 6.92 Å². The molecular formula is C23H32O6. The summed E-state index contributed by atoms with van der Waals surface area (Å²) in [5.41, 5.74) is -3.02. The Labute approximate surface area is 172 Å². The number of benzene rings is 1. The molecule has 0 aliphatic heterocycles. The molecular weight excluding hydrogens is 372 g/mol. The van der Waals surface area contributed by atoms with Crippen molar-refractivity contribution in [2.24, 2.45) is 22.2 Å². The zero-order valence-corrected chi connectivity index (χ0v) is 18.5. The number of ketones is 1. The second kappa shape index (κ2) is 8.47. The summed E-state index contributed by atoms with van der Waals surface area (Å²) < 4.78 is 4.88. The molecule has 0 radical (unpaired) electrons. The highest BCUT2D eigenvalue weighted by atomic mass is 16.6. The third-order valence-corrected chi connectivity index (χ3v) is 5.60. The van der Waals surface area contributed by atoms with E-state index in [2.05, 4.69) is 0 Å². The third kappa shape index (κ3) is 4.57. The first kappa shape index (κ1) is 24.5. The van der Waals surface area contributed by atoms with Gasteiger partial charge in [0.15, 0.2) is 0 Å². The fourth-order valence-electron chi connectivity index (χ4n) is 4.95. The number of ether oxygens (including phenoxy) is 1. The number of Topliss-reactive ketones (excluding diaryl/α,β-unsaturated/α-hetero) is 1. The Balaban J connectivity index is 4.00. The maximum Gasteiger partial charge on any atom is 0.321 e. The molecule has 0 heterocycles. The van der Waals surface area contributed by atoms with Gasteiger partial charge in [0.05, 0.1) is 17.3 Å². The van der Waals surface area contributed by atoms with E-state index in [0.29, 0.717) is 5.56 Å². The molecule has 1 rings (SSSR count). The largest absolute Gasteiger partial charge is 0.481 e. The predicted molar refractivity (Wildman–Crippen MR) is 109 cm³/mol. The van der Waals surface area contributed by atoms with Crippen molar-refractivity contribution in [2.45, 2.75) is 61.3 Å². The zero-order valence-electron chi connectivity index (χ0n) is 18.5. The van der Waals surface area contributed by atoms with E-state index in [1.807, 2.05) is 0 Å². The van der Waals surface area contributed by atoms with Gasteiger partial charge in [0.1, 0.15) is 5.78 Å². The Morgan fingerprint density at radius 1 is 0.862 bits per heavy atom. The maximum atomic E-state index is 13.0. The molecule has 0 fully saturated rings. The van der Waals surface area contributed by atoms with Crippen molar-refractivity contribution >= 4 is 23.7 Å². The first-order valence-corrected chi connectivity index (χ1v) is 9.60. The van der Waals surface area contributed by atoms with E-state index in [4.69, 9.17) is 4.74 Å². The lowest BCUT2D eigenvalue weighted by atomic mass is 9.45. The van der Waals surface area contributed by atoms with Crippen LogP contribution >= 0.6 is 0 Å². The summed E-state index contributed by atoms with van der Waals surface area (Å²) in [7, 11) is 0. The van der Waals surface area contributed by atoms with Crippen LogP contribution in [0.2, 0.25) is 0 Å².